The fraction of sp³-hybridized carbons (Fsp3) is 0. The van der Waals surface area contributed by atoms with Crippen LogP contribution in [0.3, 0.4) is 0 Å². The van der Waals surface area contributed by atoms with E-state index < -0.39 is 0 Å². The van der Waals surface area contributed by atoms with Gasteiger partial charge in [0, 0.05) is 15.1 Å². The van der Waals surface area contributed by atoms with Crippen LogP contribution in [0.4, 0.5) is 0 Å². The molecule has 0 amide bonds. The second-order valence-electron chi connectivity index (χ2n) is 1.94. The Morgan fingerprint density at radius 3 is 2.82 bits per heavy atom. The van der Waals surface area contributed by atoms with E-state index in [0.717, 1.165) is 10.0 Å². The number of halogens is 2. The molecule has 0 unspecified atom stereocenters. The second kappa shape index (κ2) is 3.74. The molecule has 58 valence electrons. The summed E-state index contributed by atoms with van der Waals surface area (Å²) >= 11 is 9.03. The van der Waals surface area contributed by atoms with Crippen molar-refractivity contribution in [3.63, 3.8) is 0 Å². The Hall–Kier alpha value is -0.540. The fourth-order valence-electron chi connectivity index (χ4n) is 0.687. The molecule has 4 heteroatoms. The van der Waals surface area contributed by atoms with Crippen molar-refractivity contribution in [2.45, 2.75) is 0 Å². The van der Waals surface area contributed by atoms with Gasteiger partial charge in [0.2, 0.25) is 0 Å². The SMILES string of the molecule is N/N=C/c1ccc(Cl)cc1Br. The maximum atomic E-state index is 5.71. The van der Waals surface area contributed by atoms with Crippen molar-refractivity contribution in [3.8, 4) is 0 Å². The van der Waals surface area contributed by atoms with Crippen LogP contribution in [-0.2, 0) is 0 Å². The summed E-state index contributed by atoms with van der Waals surface area (Å²) in [6.07, 6.45) is 1.56. The van der Waals surface area contributed by atoms with E-state index in [1.807, 2.05) is 6.07 Å². The molecule has 1 rings (SSSR count). The number of rotatable bonds is 1. The fourth-order valence-corrected chi connectivity index (χ4v) is 1.47. The Balaban J connectivity index is 3.09. The Morgan fingerprint density at radius 2 is 2.27 bits per heavy atom. The molecule has 0 aliphatic heterocycles. The van der Waals surface area contributed by atoms with Gasteiger partial charge >= 0.3 is 0 Å². The summed E-state index contributed by atoms with van der Waals surface area (Å²) in [6.45, 7) is 0. The minimum atomic E-state index is 0.686. The molecule has 0 spiro atoms. The summed E-state index contributed by atoms with van der Waals surface area (Å²) in [4.78, 5) is 0. The lowest BCUT2D eigenvalue weighted by Crippen LogP contribution is -1.87. The van der Waals surface area contributed by atoms with Crippen molar-refractivity contribution in [1.82, 2.24) is 0 Å². The highest BCUT2D eigenvalue weighted by Crippen LogP contribution is 2.19. The van der Waals surface area contributed by atoms with Gasteiger partial charge in [-0.3, -0.25) is 0 Å². The molecule has 0 bridgehead atoms. The molecule has 0 aliphatic rings. The summed E-state index contributed by atoms with van der Waals surface area (Å²) in [5.74, 6) is 4.98. The molecule has 0 aromatic heterocycles. The molecular formula is C7H6BrClN2. The number of hydrazone groups is 1. The zero-order valence-corrected chi connectivity index (χ0v) is 7.93. The predicted octanol–water partition coefficient (Wildman–Crippen LogP) is 2.40. The van der Waals surface area contributed by atoms with Crippen molar-refractivity contribution in [3.05, 3.63) is 33.3 Å². The third-order valence-corrected chi connectivity index (χ3v) is 2.10. The molecule has 0 saturated carbocycles. The van der Waals surface area contributed by atoms with Gasteiger partial charge < -0.3 is 5.84 Å². The Bertz CT molecular complexity index is 286. The van der Waals surface area contributed by atoms with E-state index in [0.29, 0.717) is 5.02 Å². The third kappa shape index (κ3) is 2.20. The quantitative estimate of drug-likeness (QED) is 0.451. The van der Waals surface area contributed by atoms with Crippen molar-refractivity contribution in [1.29, 1.82) is 0 Å². The van der Waals surface area contributed by atoms with Gasteiger partial charge in [-0.1, -0.05) is 33.6 Å². The average molecular weight is 233 g/mol. The smallest absolute Gasteiger partial charge is 0.0549 e. The number of nitrogens with two attached hydrogens (primary N) is 1. The van der Waals surface area contributed by atoms with Gasteiger partial charge in [-0.25, -0.2) is 0 Å². The monoisotopic (exact) mass is 232 g/mol. The molecule has 0 fully saturated rings. The van der Waals surface area contributed by atoms with Crippen molar-refractivity contribution >= 4 is 33.7 Å². The van der Waals surface area contributed by atoms with Crippen LogP contribution in [0.2, 0.25) is 5.02 Å². The summed E-state index contributed by atoms with van der Waals surface area (Å²) in [6, 6.07) is 5.41. The van der Waals surface area contributed by atoms with E-state index in [9.17, 15) is 0 Å². The highest BCUT2D eigenvalue weighted by molar-refractivity contribution is 9.10. The predicted molar refractivity (Wildman–Crippen MR) is 50.9 cm³/mol. The summed E-state index contributed by atoms with van der Waals surface area (Å²) in [5, 5.41) is 4.08. The van der Waals surface area contributed by atoms with E-state index in [1.54, 1.807) is 18.3 Å². The standard InChI is InChI=1S/C7H6BrClN2/c8-7-3-6(9)2-1-5(7)4-11-10/h1-4H,10H2/b11-4+. The third-order valence-electron chi connectivity index (χ3n) is 1.18. The Labute approximate surface area is 78.2 Å². The zero-order valence-electron chi connectivity index (χ0n) is 5.59. The van der Waals surface area contributed by atoms with Crippen LogP contribution >= 0.6 is 27.5 Å². The van der Waals surface area contributed by atoms with Gasteiger partial charge in [0.25, 0.3) is 0 Å². The van der Waals surface area contributed by atoms with Gasteiger partial charge in [0.05, 0.1) is 6.21 Å². The first-order valence-corrected chi connectivity index (χ1v) is 4.09. The van der Waals surface area contributed by atoms with Gasteiger partial charge in [0.1, 0.15) is 0 Å². The molecule has 2 nitrogen and oxygen atoms in total. The number of benzene rings is 1. The van der Waals surface area contributed by atoms with Crippen LogP contribution in [0.1, 0.15) is 5.56 Å². The van der Waals surface area contributed by atoms with Crippen molar-refractivity contribution < 1.29 is 0 Å². The highest BCUT2D eigenvalue weighted by Gasteiger charge is 1.96. The van der Waals surface area contributed by atoms with E-state index in [-0.39, 0.29) is 0 Å². The molecule has 0 radical (unpaired) electrons. The van der Waals surface area contributed by atoms with E-state index in [2.05, 4.69) is 21.0 Å². The first-order chi connectivity index (χ1) is 5.24. The number of hydrogen-bond acceptors (Lipinski definition) is 2. The summed E-state index contributed by atoms with van der Waals surface area (Å²) < 4.78 is 0.888. The van der Waals surface area contributed by atoms with Crippen LogP contribution < -0.4 is 5.84 Å². The van der Waals surface area contributed by atoms with Crippen molar-refractivity contribution in [2.75, 3.05) is 0 Å². The maximum absolute atomic E-state index is 5.71. The van der Waals surface area contributed by atoms with Crippen LogP contribution in [-0.4, -0.2) is 6.21 Å². The molecule has 0 heterocycles. The van der Waals surface area contributed by atoms with Gasteiger partial charge in [-0.05, 0) is 12.1 Å². The number of hydrogen-bond donors (Lipinski definition) is 1. The zero-order chi connectivity index (χ0) is 8.27. The van der Waals surface area contributed by atoms with Crippen LogP contribution in [0.15, 0.2) is 27.8 Å². The highest BCUT2D eigenvalue weighted by atomic mass is 79.9. The molecule has 0 atom stereocenters. The minimum Gasteiger partial charge on any atom is -0.323 e. The summed E-state index contributed by atoms with van der Waals surface area (Å²) in [7, 11) is 0. The summed E-state index contributed by atoms with van der Waals surface area (Å²) in [5.41, 5.74) is 0.914. The first kappa shape index (κ1) is 8.56. The Kier molecular flexibility index (Phi) is 2.91. The van der Waals surface area contributed by atoms with Gasteiger partial charge in [-0.2, -0.15) is 5.10 Å². The molecule has 0 aliphatic carbocycles. The van der Waals surface area contributed by atoms with Crippen LogP contribution in [0.5, 0.6) is 0 Å². The van der Waals surface area contributed by atoms with E-state index >= 15 is 0 Å². The van der Waals surface area contributed by atoms with Crippen LogP contribution in [0.25, 0.3) is 0 Å². The minimum absolute atomic E-state index is 0.686. The van der Waals surface area contributed by atoms with E-state index in [1.165, 1.54) is 0 Å². The number of nitrogens with zero attached hydrogens (tertiary/aromatic N) is 1. The normalized spacial score (nSPS) is 10.7. The maximum Gasteiger partial charge on any atom is 0.0549 e. The second-order valence-corrected chi connectivity index (χ2v) is 3.23. The largest absolute Gasteiger partial charge is 0.323 e. The molecular weight excluding hydrogens is 227 g/mol. The molecule has 11 heavy (non-hydrogen) atoms. The lowest BCUT2D eigenvalue weighted by Gasteiger charge is -1.96. The molecule has 2 N–H and O–H groups in total. The molecule has 1 aromatic carbocycles. The molecule has 0 saturated heterocycles. The lowest BCUT2D eigenvalue weighted by atomic mass is 10.2. The first-order valence-electron chi connectivity index (χ1n) is 2.92. The van der Waals surface area contributed by atoms with Gasteiger partial charge in [0.15, 0.2) is 0 Å². The van der Waals surface area contributed by atoms with Gasteiger partial charge in [-0.15, -0.1) is 0 Å². The van der Waals surface area contributed by atoms with E-state index in [4.69, 9.17) is 17.4 Å². The average Bonchev–Trinajstić information content (AvgIpc) is 1.95. The molecule has 1 aromatic rings. The topological polar surface area (TPSA) is 38.4 Å². The lowest BCUT2D eigenvalue weighted by molar-refractivity contribution is 1.26. The Morgan fingerprint density at radius 1 is 1.55 bits per heavy atom. The van der Waals surface area contributed by atoms with Crippen LogP contribution in [0, 0.1) is 0 Å². The van der Waals surface area contributed by atoms with Crippen molar-refractivity contribution in [2.24, 2.45) is 10.9 Å².